The Hall–Kier alpha value is -2.12. The molecule has 0 amide bonds. The first-order chi connectivity index (χ1) is 9.38. The summed E-state index contributed by atoms with van der Waals surface area (Å²) in [5, 5.41) is 11.2. The smallest absolute Gasteiger partial charge is 0.313 e. The number of anilines is 1. The fourth-order valence-corrected chi connectivity index (χ4v) is 1.70. The zero-order valence-corrected chi connectivity index (χ0v) is 11.6. The number of nitrogen functional groups attached to an aromatic ring is 1. The van der Waals surface area contributed by atoms with Crippen LogP contribution in [0.2, 0.25) is 10.0 Å². The lowest BCUT2D eigenvalue weighted by molar-refractivity contribution is -0.385. The minimum Gasteiger partial charge on any atom is -0.431 e. The van der Waals surface area contributed by atoms with Gasteiger partial charge in [-0.15, -0.1) is 0 Å². The van der Waals surface area contributed by atoms with Crippen LogP contribution in [0, 0.1) is 17.0 Å². The summed E-state index contributed by atoms with van der Waals surface area (Å²) in [5.41, 5.74) is 5.70. The Morgan fingerprint density at radius 3 is 2.65 bits per heavy atom. The molecule has 0 saturated carbocycles. The van der Waals surface area contributed by atoms with Crippen molar-refractivity contribution in [3.05, 3.63) is 44.1 Å². The molecule has 0 bridgehead atoms. The summed E-state index contributed by atoms with van der Waals surface area (Å²) in [6, 6.07) is 2.36. The molecule has 1 aromatic heterocycles. The van der Waals surface area contributed by atoms with Gasteiger partial charge in [-0.05, 0) is 6.92 Å². The van der Waals surface area contributed by atoms with E-state index >= 15 is 0 Å². The van der Waals surface area contributed by atoms with Crippen molar-refractivity contribution in [1.29, 1.82) is 0 Å². The Morgan fingerprint density at radius 1 is 1.35 bits per heavy atom. The van der Waals surface area contributed by atoms with Crippen LogP contribution >= 0.6 is 23.2 Å². The van der Waals surface area contributed by atoms with Gasteiger partial charge in [-0.1, -0.05) is 23.2 Å². The van der Waals surface area contributed by atoms with E-state index in [2.05, 4.69) is 9.97 Å². The highest BCUT2D eigenvalue weighted by atomic mass is 35.5. The molecular formula is C11H8Cl2N4O3. The molecule has 20 heavy (non-hydrogen) atoms. The molecule has 1 heterocycles. The summed E-state index contributed by atoms with van der Waals surface area (Å²) in [5.74, 6) is 0.0258. The van der Waals surface area contributed by atoms with Gasteiger partial charge >= 0.3 is 5.69 Å². The van der Waals surface area contributed by atoms with E-state index in [1.165, 1.54) is 12.3 Å². The molecule has 0 aliphatic rings. The van der Waals surface area contributed by atoms with Crippen LogP contribution in [-0.2, 0) is 0 Å². The van der Waals surface area contributed by atoms with Crippen LogP contribution < -0.4 is 10.5 Å². The van der Waals surface area contributed by atoms with Crippen molar-refractivity contribution < 1.29 is 9.66 Å². The number of aromatic nitrogens is 2. The first-order valence-electron chi connectivity index (χ1n) is 5.29. The monoisotopic (exact) mass is 314 g/mol. The van der Waals surface area contributed by atoms with Crippen molar-refractivity contribution in [1.82, 2.24) is 9.97 Å². The molecule has 0 aliphatic carbocycles. The maximum Gasteiger partial charge on any atom is 0.313 e. The summed E-state index contributed by atoms with van der Waals surface area (Å²) in [6.45, 7) is 1.68. The SMILES string of the molecule is Cc1cnc(N)nc1Oc1cc(Cl)c(Cl)cc1[N+](=O)[O-]. The van der Waals surface area contributed by atoms with Crippen LogP contribution in [0.4, 0.5) is 11.6 Å². The molecular weight excluding hydrogens is 307 g/mol. The van der Waals surface area contributed by atoms with Crippen molar-refractivity contribution in [2.75, 3.05) is 5.73 Å². The average molecular weight is 315 g/mol. The van der Waals surface area contributed by atoms with Gasteiger partial charge in [0.1, 0.15) is 0 Å². The molecule has 2 N–H and O–H groups in total. The predicted molar refractivity (Wildman–Crippen MR) is 74.4 cm³/mol. The fourth-order valence-electron chi connectivity index (χ4n) is 1.39. The number of nitrogens with two attached hydrogens (primary N) is 1. The van der Waals surface area contributed by atoms with E-state index < -0.39 is 4.92 Å². The maximum absolute atomic E-state index is 11.0. The van der Waals surface area contributed by atoms with E-state index in [-0.39, 0.29) is 33.3 Å². The van der Waals surface area contributed by atoms with Gasteiger partial charge in [-0.2, -0.15) is 4.98 Å². The zero-order valence-electron chi connectivity index (χ0n) is 10.1. The molecule has 2 aromatic rings. The van der Waals surface area contributed by atoms with E-state index in [9.17, 15) is 10.1 Å². The molecule has 0 unspecified atom stereocenters. The molecule has 9 heteroatoms. The van der Waals surface area contributed by atoms with Crippen LogP contribution in [0.25, 0.3) is 0 Å². The zero-order chi connectivity index (χ0) is 14.9. The van der Waals surface area contributed by atoms with Gasteiger partial charge in [-0.25, -0.2) is 4.98 Å². The van der Waals surface area contributed by atoms with E-state index in [1.54, 1.807) is 6.92 Å². The van der Waals surface area contributed by atoms with Crippen molar-refractivity contribution in [2.45, 2.75) is 6.92 Å². The highest BCUT2D eigenvalue weighted by Gasteiger charge is 2.20. The number of rotatable bonds is 3. The number of benzene rings is 1. The number of hydrogen-bond acceptors (Lipinski definition) is 6. The summed E-state index contributed by atoms with van der Waals surface area (Å²) in [4.78, 5) is 18.0. The van der Waals surface area contributed by atoms with E-state index in [1.807, 2.05) is 0 Å². The Labute approximate surface area is 123 Å². The third-order valence-corrected chi connectivity index (χ3v) is 3.07. The van der Waals surface area contributed by atoms with Gasteiger partial charge < -0.3 is 10.5 Å². The van der Waals surface area contributed by atoms with Crippen LogP contribution in [0.1, 0.15) is 5.56 Å². The Morgan fingerprint density at radius 2 is 2.00 bits per heavy atom. The highest BCUT2D eigenvalue weighted by Crippen LogP contribution is 2.38. The second-order valence-corrected chi connectivity index (χ2v) is 4.62. The lowest BCUT2D eigenvalue weighted by Crippen LogP contribution is -2.00. The van der Waals surface area contributed by atoms with Gasteiger partial charge in [-0.3, -0.25) is 10.1 Å². The molecule has 1 aromatic carbocycles. The van der Waals surface area contributed by atoms with Crippen molar-refractivity contribution in [3.8, 4) is 11.6 Å². The molecule has 0 atom stereocenters. The standard InChI is InChI=1S/C11H8Cl2N4O3/c1-5-4-15-11(14)16-10(5)20-9-3-7(13)6(12)2-8(9)17(18)19/h2-4H,1H3,(H2,14,15,16). The number of nitro groups is 1. The average Bonchev–Trinajstić information content (AvgIpc) is 2.37. The van der Waals surface area contributed by atoms with Gasteiger partial charge in [0.25, 0.3) is 0 Å². The first-order valence-corrected chi connectivity index (χ1v) is 6.04. The van der Waals surface area contributed by atoms with Gasteiger partial charge in [0, 0.05) is 23.9 Å². The Kier molecular flexibility index (Phi) is 3.91. The summed E-state index contributed by atoms with van der Waals surface area (Å²) in [6.07, 6.45) is 1.45. The second kappa shape index (κ2) is 5.48. The lowest BCUT2D eigenvalue weighted by Gasteiger charge is -2.09. The van der Waals surface area contributed by atoms with E-state index in [0.717, 1.165) is 6.07 Å². The molecule has 0 fully saturated rings. The quantitative estimate of drug-likeness (QED) is 0.688. The number of hydrogen-bond donors (Lipinski definition) is 1. The van der Waals surface area contributed by atoms with Gasteiger partial charge in [0.2, 0.25) is 17.6 Å². The predicted octanol–water partition coefficient (Wildman–Crippen LogP) is 3.37. The molecule has 0 saturated heterocycles. The second-order valence-electron chi connectivity index (χ2n) is 3.81. The molecule has 0 spiro atoms. The Balaban J connectivity index is 2.50. The van der Waals surface area contributed by atoms with Crippen molar-refractivity contribution in [2.24, 2.45) is 0 Å². The lowest BCUT2D eigenvalue weighted by atomic mass is 10.3. The van der Waals surface area contributed by atoms with Crippen LogP contribution in [0.15, 0.2) is 18.3 Å². The summed E-state index contributed by atoms with van der Waals surface area (Å²) in [7, 11) is 0. The van der Waals surface area contributed by atoms with Crippen LogP contribution in [0.3, 0.4) is 0 Å². The normalized spacial score (nSPS) is 10.3. The molecule has 104 valence electrons. The topological polar surface area (TPSA) is 104 Å². The van der Waals surface area contributed by atoms with Crippen molar-refractivity contribution in [3.63, 3.8) is 0 Å². The van der Waals surface area contributed by atoms with Gasteiger partial charge in [0.15, 0.2) is 0 Å². The van der Waals surface area contributed by atoms with Crippen LogP contribution in [-0.4, -0.2) is 14.9 Å². The summed E-state index contributed by atoms with van der Waals surface area (Å²) < 4.78 is 5.40. The molecule has 0 radical (unpaired) electrons. The number of nitrogens with zero attached hydrogens (tertiary/aromatic N) is 3. The molecule has 7 nitrogen and oxygen atoms in total. The van der Waals surface area contributed by atoms with Crippen molar-refractivity contribution >= 4 is 34.8 Å². The third kappa shape index (κ3) is 2.89. The van der Waals surface area contributed by atoms with E-state index in [0.29, 0.717) is 5.56 Å². The number of aryl methyl sites for hydroxylation is 1. The molecule has 2 rings (SSSR count). The van der Waals surface area contributed by atoms with Gasteiger partial charge in [0.05, 0.1) is 15.0 Å². The molecule has 0 aliphatic heterocycles. The maximum atomic E-state index is 11.0. The minimum absolute atomic E-state index is 0.00619. The van der Waals surface area contributed by atoms with Crippen LogP contribution in [0.5, 0.6) is 11.6 Å². The third-order valence-electron chi connectivity index (χ3n) is 2.35. The number of halogens is 2. The summed E-state index contributed by atoms with van der Waals surface area (Å²) >= 11 is 11.6. The van der Waals surface area contributed by atoms with E-state index in [4.69, 9.17) is 33.7 Å². The number of nitro benzene ring substituents is 1. The Bertz CT molecular complexity index is 694. The largest absolute Gasteiger partial charge is 0.431 e. The minimum atomic E-state index is -0.628. The number of ether oxygens (including phenoxy) is 1. The first kappa shape index (κ1) is 14.3. The fraction of sp³-hybridized carbons (Fsp3) is 0.0909. The highest BCUT2D eigenvalue weighted by molar-refractivity contribution is 6.42.